The predicted molar refractivity (Wildman–Crippen MR) is 68.9 cm³/mol. The highest BCUT2D eigenvalue weighted by molar-refractivity contribution is 8.00. The van der Waals surface area contributed by atoms with Gasteiger partial charge in [-0.25, -0.2) is 8.42 Å². The van der Waals surface area contributed by atoms with Crippen LogP contribution in [0.5, 0.6) is 0 Å². The number of thioether (sulfide) groups is 1. The first-order valence-electron chi connectivity index (χ1n) is 5.29. The van der Waals surface area contributed by atoms with Crippen molar-refractivity contribution < 1.29 is 18.3 Å². The van der Waals surface area contributed by atoms with Gasteiger partial charge in [-0.1, -0.05) is 6.07 Å². The topological polar surface area (TPSA) is 98.5 Å². The van der Waals surface area contributed by atoms with Crippen molar-refractivity contribution in [2.45, 2.75) is 10.9 Å². The van der Waals surface area contributed by atoms with E-state index in [0.29, 0.717) is 0 Å². The Morgan fingerprint density at radius 1 is 1.53 bits per heavy atom. The first-order chi connectivity index (χ1) is 8.96. The molecule has 6 nitrogen and oxygen atoms in total. The van der Waals surface area contributed by atoms with Gasteiger partial charge >= 0.3 is 5.97 Å². The maximum Gasteiger partial charge on any atom is 0.322 e. The van der Waals surface area contributed by atoms with E-state index in [9.17, 15) is 13.2 Å². The van der Waals surface area contributed by atoms with E-state index in [-0.39, 0.29) is 22.1 Å². The minimum atomic E-state index is -3.88. The molecule has 0 bridgehead atoms. The minimum Gasteiger partial charge on any atom is -0.480 e. The molecule has 1 heterocycles. The van der Waals surface area contributed by atoms with Gasteiger partial charge in [-0.05, 0) is 18.2 Å². The lowest BCUT2D eigenvalue weighted by Crippen LogP contribution is -2.41. The van der Waals surface area contributed by atoms with E-state index in [1.807, 2.05) is 6.07 Å². The number of hydrogen-bond donors (Lipinski definition) is 1. The molecule has 1 saturated heterocycles. The van der Waals surface area contributed by atoms with Crippen LogP contribution in [-0.2, 0) is 14.8 Å². The van der Waals surface area contributed by atoms with Gasteiger partial charge in [-0.15, -0.1) is 11.8 Å². The van der Waals surface area contributed by atoms with Crippen LogP contribution in [-0.4, -0.2) is 41.5 Å². The fraction of sp³-hybridized carbons (Fsp3) is 0.273. The normalized spacial score (nSPS) is 20.1. The average molecular weight is 298 g/mol. The molecule has 0 aromatic heterocycles. The summed E-state index contributed by atoms with van der Waals surface area (Å²) >= 11 is 1.25. The van der Waals surface area contributed by atoms with Crippen LogP contribution in [0.4, 0.5) is 0 Å². The number of benzene rings is 1. The number of nitrogens with zero attached hydrogens (tertiary/aromatic N) is 2. The van der Waals surface area contributed by atoms with Gasteiger partial charge in [0.05, 0.1) is 22.4 Å². The summed E-state index contributed by atoms with van der Waals surface area (Å²) in [4.78, 5) is 11.0. The zero-order chi connectivity index (χ0) is 14.0. The number of hydrogen-bond acceptors (Lipinski definition) is 5. The molecule has 1 fully saturated rings. The van der Waals surface area contributed by atoms with Crippen molar-refractivity contribution in [3.63, 3.8) is 0 Å². The van der Waals surface area contributed by atoms with Crippen molar-refractivity contribution in [3.05, 3.63) is 29.8 Å². The van der Waals surface area contributed by atoms with Gasteiger partial charge in [0.15, 0.2) is 0 Å². The molecule has 0 radical (unpaired) electrons. The Balaban J connectivity index is 2.42. The molecular weight excluding hydrogens is 288 g/mol. The standard InChI is InChI=1S/C11H10N2O4S2/c12-5-8-2-1-3-9(4-8)19(16,17)13-7-18-6-10(13)11(14)15/h1-4,10H,6-7H2,(H,14,15)/t10-/m1/s1. The van der Waals surface area contributed by atoms with Crippen LogP contribution in [0, 0.1) is 11.3 Å². The smallest absolute Gasteiger partial charge is 0.322 e. The Morgan fingerprint density at radius 3 is 2.89 bits per heavy atom. The molecule has 100 valence electrons. The molecule has 19 heavy (non-hydrogen) atoms. The zero-order valence-corrected chi connectivity index (χ0v) is 11.3. The number of nitriles is 1. The molecule has 1 aromatic carbocycles. The lowest BCUT2D eigenvalue weighted by atomic mass is 10.2. The van der Waals surface area contributed by atoms with Crippen LogP contribution in [0.3, 0.4) is 0 Å². The first kappa shape index (κ1) is 13.9. The Labute approximate surface area is 114 Å². The van der Waals surface area contributed by atoms with Crippen molar-refractivity contribution in [1.82, 2.24) is 4.31 Å². The molecule has 1 aliphatic heterocycles. The zero-order valence-electron chi connectivity index (χ0n) is 9.68. The van der Waals surface area contributed by atoms with Gasteiger partial charge in [-0.3, -0.25) is 4.79 Å². The van der Waals surface area contributed by atoms with Crippen LogP contribution in [0.15, 0.2) is 29.2 Å². The predicted octanol–water partition coefficient (Wildman–Crippen LogP) is 0.706. The van der Waals surface area contributed by atoms with Gasteiger partial charge in [0.25, 0.3) is 0 Å². The summed E-state index contributed by atoms with van der Waals surface area (Å²) < 4.78 is 25.7. The number of aliphatic carboxylic acids is 1. The fourth-order valence-corrected chi connectivity index (χ4v) is 4.90. The lowest BCUT2D eigenvalue weighted by molar-refractivity contribution is -0.140. The van der Waals surface area contributed by atoms with Crippen molar-refractivity contribution in [1.29, 1.82) is 5.26 Å². The number of sulfonamides is 1. The quantitative estimate of drug-likeness (QED) is 0.882. The minimum absolute atomic E-state index is 0.0553. The second-order valence-electron chi connectivity index (χ2n) is 3.89. The summed E-state index contributed by atoms with van der Waals surface area (Å²) in [5, 5.41) is 17.8. The molecule has 0 spiro atoms. The van der Waals surface area contributed by atoms with E-state index in [4.69, 9.17) is 10.4 Å². The summed E-state index contributed by atoms with van der Waals surface area (Å²) in [5.74, 6) is -0.826. The van der Waals surface area contributed by atoms with Crippen molar-refractivity contribution in [2.24, 2.45) is 0 Å². The average Bonchev–Trinajstić information content (AvgIpc) is 2.89. The Hall–Kier alpha value is -1.56. The summed E-state index contributed by atoms with van der Waals surface area (Å²) in [5.41, 5.74) is 0.222. The van der Waals surface area contributed by atoms with E-state index < -0.39 is 22.0 Å². The highest BCUT2D eigenvalue weighted by Gasteiger charge is 2.40. The summed E-state index contributed by atoms with van der Waals surface area (Å²) in [6.45, 7) is 0. The fourth-order valence-electron chi connectivity index (χ4n) is 1.72. The van der Waals surface area contributed by atoms with E-state index in [1.165, 1.54) is 36.0 Å². The second-order valence-corrected chi connectivity index (χ2v) is 6.78. The molecule has 0 unspecified atom stereocenters. The largest absolute Gasteiger partial charge is 0.480 e. The summed E-state index contributed by atoms with van der Waals surface area (Å²) in [6.07, 6.45) is 0. The van der Waals surface area contributed by atoms with Crippen LogP contribution in [0.2, 0.25) is 0 Å². The molecule has 0 saturated carbocycles. The van der Waals surface area contributed by atoms with E-state index in [0.717, 1.165) is 4.31 Å². The third kappa shape index (κ3) is 2.58. The van der Waals surface area contributed by atoms with E-state index in [2.05, 4.69) is 0 Å². The SMILES string of the molecule is N#Cc1cccc(S(=O)(=O)N2CSC[C@@H]2C(=O)O)c1. The van der Waals surface area contributed by atoms with Gasteiger partial charge < -0.3 is 5.11 Å². The third-order valence-electron chi connectivity index (χ3n) is 2.70. The maximum atomic E-state index is 12.4. The highest BCUT2D eigenvalue weighted by atomic mass is 32.2. The molecule has 1 aliphatic rings. The Morgan fingerprint density at radius 2 is 2.26 bits per heavy atom. The number of carboxylic acid groups (broad SMARTS) is 1. The number of carbonyl (C=O) groups is 1. The van der Waals surface area contributed by atoms with Crippen LogP contribution >= 0.6 is 11.8 Å². The molecule has 1 N–H and O–H groups in total. The second kappa shape index (κ2) is 5.21. The Bertz CT molecular complexity index is 651. The molecule has 8 heteroatoms. The summed E-state index contributed by atoms with van der Waals surface area (Å²) in [7, 11) is -3.88. The molecular formula is C11H10N2O4S2. The van der Waals surface area contributed by atoms with E-state index >= 15 is 0 Å². The molecule has 1 atom stereocenters. The summed E-state index contributed by atoms with van der Waals surface area (Å²) in [6, 6.07) is 6.37. The number of carboxylic acids is 1. The Kier molecular flexibility index (Phi) is 3.80. The van der Waals surface area contributed by atoms with Gasteiger partial charge in [-0.2, -0.15) is 9.57 Å². The number of rotatable bonds is 3. The molecule has 0 amide bonds. The molecule has 1 aromatic rings. The molecule has 2 rings (SSSR count). The highest BCUT2D eigenvalue weighted by Crippen LogP contribution is 2.28. The van der Waals surface area contributed by atoms with Crippen LogP contribution in [0.25, 0.3) is 0 Å². The van der Waals surface area contributed by atoms with Crippen molar-refractivity contribution in [2.75, 3.05) is 11.6 Å². The monoisotopic (exact) mass is 298 g/mol. The third-order valence-corrected chi connectivity index (χ3v) is 5.72. The van der Waals surface area contributed by atoms with Crippen molar-refractivity contribution >= 4 is 27.8 Å². The van der Waals surface area contributed by atoms with Gasteiger partial charge in [0, 0.05) is 5.75 Å². The lowest BCUT2D eigenvalue weighted by Gasteiger charge is -2.20. The van der Waals surface area contributed by atoms with Gasteiger partial charge in [0.1, 0.15) is 6.04 Å². The maximum absolute atomic E-state index is 12.4. The van der Waals surface area contributed by atoms with Crippen LogP contribution in [0.1, 0.15) is 5.56 Å². The first-order valence-corrected chi connectivity index (χ1v) is 7.89. The van der Waals surface area contributed by atoms with Crippen molar-refractivity contribution in [3.8, 4) is 6.07 Å². The van der Waals surface area contributed by atoms with Gasteiger partial charge in [0.2, 0.25) is 10.0 Å². The molecule has 0 aliphatic carbocycles. The van der Waals surface area contributed by atoms with E-state index in [1.54, 1.807) is 0 Å². The van der Waals surface area contributed by atoms with Crippen LogP contribution < -0.4 is 0 Å².